The Morgan fingerprint density at radius 2 is 2.35 bits per heavy atom. The number of piperidine rings is 1. The fourth-order valence-electron chi connectivity index (χ4n) is 2.42. The van der Waals surface area contributed by atoms with Crippen LogP contribution in [0.4, 0.5) is 0 Å². The molecule has 1 atom stereocenters. The van der Waals surface area contributed by atoms with E-state index in [0.717, 1.165) is 38.2 Å². The zero-order chi connectivity index (χ0) is 12.1. The van der Waals surface area contributed by atoms with Gasteiger partial charge in [0.2, 0.25) is 5.89 Å². The maximum Gasteiger partial charge on any atom is 0.240 e. The first-order valence-corrected chi connectivity index (χ1v) is 6.50. The van der Waals surface area contributed by atoms with E-state index in [1.807, 2.05) is 6.92 Å². The van der Waals surface area contributed by atoms with Crippen molar-refractivity contribution in [2.75, 3.05) is 13.2 Å². The van der Waals surface area contributed by atoms with E-state index in [1.165, 1.54) is 12.8 Å². The molecule has 1 unspecified atom stereocenters. The molecule has 0 spiro atoms. The van der Waals surface area contributed by atoms with Crippen LogP contribution in [0.2, 0.25) is 0 Å². The molecule has 5 nitrogen and oxygen atoms in total. The molecular weight excluding hydrogens is 218 g/mol. The summed E-state index contributed by atoms with van der Waals surface area (Å²) in [7, 11) is 0. The van der Waals surface area contributed by atoms with E-state index in [0.29, 0.717) is 11.9 Å². The monoisotopic (exact) mass is 239 g/mol. The highest BCUT2D eigenvalue weighted by Gasteiger charge is 2.23. The molecule has 0 bridgehead atoms. The quantitative estimate of drug-likeness (QED) is 0.840. The summed E-state index contributed by atoms with van der Waals surface area (Å²) < 4.78 is 5.22. The number of hydrogen-bond donors (Lipinski definition) is 1. The molecule has 0 saturated carbocycles. The Kier molecular flexibility index (Phi) is 4.50. The molecule has 1 aliphatic rings. The van der Waals surface area contributed by atoms with E-state index >= 15 is 0 Å². The largest absolute Gasteiger partial charge is 0.396 e. The molecular formula is C12H21N3O2. The van der Waals surface area contributed by atoms with E-state index in [9.17, 15) is 0 Å². The van der Waals surface area contributed by atoms with Crippen LogP contribution in [0.1, 0.15) is 44.3 Å². The van der Waals surface area contributed by atoms with E-state index in [1.54, 1.807) is 0 Å². The Bertz CT molecular complexity index is 338. The van der Waals surface area contributed by atoms with E-state index in [-0.39, 0.29) is 6.61 Å². The molecule has 17 heavy (non-hydrogen) atoms. The number of hydrogen-bond acceptors (Lipinski definition) is 5. The third-order valence-electron chi connectivity index (χ3n) is 3.38. The molecule has 2 heterocycles. The zero-order valence-electron chi connectivity index (χ0n) is 10.4. The highest BCUT2D eigenvalue weighted by Crippen LogP contribution is 2.21. The third-order valence-corrected chi connectivity index (χ3v) is 3.38. The van der Waals surface area contributed by atoms with Crippen LogP contribution in [0.5, 0.6) is 0 Å². The highest BCUT2D eigenvalue weighted by molar-refractivity contribution is 4.88. The van der Waals surface area contributed by atoms with Crippen LogP contribution < -0.4 is 0 Å². The van der Waals surface area contributed by atoms with E-state index < -0.39 is 0 Å². The minimum atomic E-state index is 0.255. The first-order valence-electron chi connectivity index (χ1n) is 6.50. The molecule has 1 aliphatic heterocycles. The normalized spacial score (nSPS) is 21.9. The summed E-state index contributed by atoms with van der Waals surface area (Å²) >= 11 is 0. The zero-order valence-corrected chi connectivity index (χ0v) is 10.4. The SMILES string of the molecule is CCc1noc(CN2CCCCC2CCO)n1. The lowest BCUT2D eigenvalue weighted by atomic mass is 10.00. The van der Waals surface area contributed by atoms with Gasteiger partial charge in [-0.1, -0.05) is 18.5 Å². The predicted molar refractivity (Wildman–Crippen MR) is 63.4 cm³/mol. The Balaban J connectivity index is 1.95. The summed E-state index contributed by atoms with van der Waals surface area (Å²) in [5, 5.41) is 13.0. The average Bonchev–Trinajstić information content (AvgIpc) is 2.80. The maximum absolute atomic E-state index is 9.07. The fraction of sp³-hybridized carbons (Fsp3) is 0.833. The van der Waals surface area contributed by atoms with Crippen LogP contribution in [0.3, 0.4) is 0 Å². The van der Waals surface area contributed by atoms with Gasteiger partial charge >= 0.3 is 0 Å². The van der Waals surface area contributed by atoms with Crippen molar-refractivity contribution in [3.63, 3.8) is 0 Å². The molecule has 0 aliphatic carbocycles. The van der Waals surface area contributed by atoms with Crippen molar-refractivity contribution in [2.24, 2.45) is 0 Å². The third kappa shape index (κ3) is 3.26. The first-order chi connectivity index (χ1) is 8.33. The van der Waals surface area contributed by atoms with Crippen LogP contribution >= 0.6 is 0 Å². The van der Waals surface area contributed by atoms with Gasteiger partial charge in [0.25, 0.3) is 0 Å². The van der Waals surface area contributed by atoms with Crippen LogP contribution in [0.25, 0.3) is 0 Å². The van der Waals surface area contributed by atoms with Crippen LogP contribution in [0, 0.1) is 0 Å². The molecule has 0 aromatic carbocycles. The van der Waals surface area contributed by atoms with Crippen LogP contribution in [-0.2, 0) is 13.0 Å². The minimum Gasteiger partial charge on any atom is -0.396 e. The Morgan fingerprint density at radius 3 is 3.06 bits per heavy atom. The van der Waals surface area contributed by atoms with Crippen LogP contribution in [0.15, 0.2) is 4.52 Å². The van der Waals surface area contributed by atoms with Gasteiger partial charge in [0.15, 0.2) is 5.82 Å². The van der Waals surface area contributed by atoms with Crippen molar-refractivity contribution >= 4 is 0 Å². The predicted octanol–water partition coefficient (Wildman–Crippen LogP) is 1.37. The average molecular weight is 239 g/mol. The molecule has 96 valence electrons. The highest BCUT2D eigenvalue weighted by atomic mass is 16.5. The number of aliphatic hydroxyl groups excluding tert-OH is 1. The Labute approximate surface area is 102 Å². The number of nitrogens with zero attached hydrogens (tertiary/aromatic N) is 3. The second-order valence-electron chi connectivity index (χ2n) is 4.59. The number of rotatable bonds is 5. The lowest BCUT2D eigenvalue weighted by molar-refractivity contribution is 0.100. The molecule has 1 aromatic heterocycles. The molecule has 1 N–H and O–H groups in total. The van der Waals surface area contributed by atoms with Crippen molar-refractivity contribution in [3.05, 3.63) is 11.7 Å². The van der Waals surface area contributed by atoms with Gasteiger partial charge in [-0.05, 0) is 25.8 Å². The standard InChI is InChI=1S/C12H21N3O2/c1-2-11-13-12(17-14-11)9-15-7-4-3-5-10(15)6-8-16/h10,16H,2-9H2,1H3. The number of aromatic nitrogens is 2. The second-order valence-corrected chi connectivity index (χ2v) is 4.59. The number of likely N-dealkylation sites (tertiary alicyclic amines) is 1. The van der Waals surface area contributed by atoms with Crippen molar-refractivity contribution in [2.45, 2.75) is 51.6 Å². The van der Waals surface area contributed by atoms with Gasteiger partial charge in [-0.25, -0.2) is 0 Å². The molecule has 0 amide bonds. The van der Waals surface area contributed by atoms with Crippen molar-refractivity contribution in [3.8, 4) is 0 Å². The molecule has 5 heteroatoms. The Morgan fingerprint density at radius 1 is 1.47 bits per heavy atom. The van der Waals surface area contributed by atoms with Gasteiger partial charge in [0.1, 0.15) is 0 Å². The van der Waals surface area contributed by atoms with Gasteiger partial charge in [0, 0.05) is 19.1 Å². The first kappa shape index (κ1) is 12.5. The van der Waals surface area contributed by atoms with Gasteiger partial charge in [-0.3, -0.25) is 4.90 Å². The van der Waals surface area contributed by atoms with Crippen molar-refractivity contribution < 1.29 is 9.63 Å². The minimum absolute atomic E-state index is 0.255. The van der Waals surface area contributed by atoms with Crippen LogP contribution in [-0.4, -0.2) is 39.3 Å². The summed E-state index contributed by atoms with van der Waals surface area (Å²) in [6.45, 7) is 4.06. The number of aliphatic hydroxyl groups is 1. The summed E-state index contributed by atoms with van der Waals surface area (Å²) in [5.41, 5.74) is 0. The molecule has 1 saturated heterocycles. The topological polar surface area (TPSA) is 62.4 Å². The van der Waals surface area contributed by atoms with E-state index in [2.05, 4.69) is 15.0 Å². The fourth-order valence-corrected chi connectivity index (χ4v) is 2.42. The summed E-state index contributed by atoms with van der Waals surface area (Å²) in [5.74, 6) is 1.47. The van der Waals surface area contributed by atoms with Gasteiger partial charge in [-0.15, -0.1) is 0 Å². The van der Waals surface area contributed by atoms with Crippen molar-refractivity contribution in [1.29, 1.82) is 0 Å². The lowest BCUT2D eigenvalue weighted by Gasteiger charge is -2.34. The summed E-state index contributed by atoms with van der Waals surface area (Å²) in [6.07, 6.45) is 5.29. The second kappa shape index (κ2) is 6.12. The molecule has 1 fully saturated rings. The van der Waals surface area contributed by atoms with Crippen molar-refractivity contribution in [1.82, 2.24) is 15.0 Å². The smallest absolute Gasteiger partial charge is 0.240 e. The molecule has 1 aromatic rings. The van der Waals surface area contributed by atoms with Gasteiger partial charge in [0.05, 0.1) is 6.54 Å². The Hall–Kier alpha value is -0.940. The molecule has 0 radical (unpaired) electrons. The number of aryl methyl sites for hydroxylation is 1. The summed E-state index contributed by atoms with van der Waals surface area (Å²) in [4.78, 5) is 6.69. The lowest BCUT2D eigenvalue weighted by Crippen LogP contribution is -2.39. The maximum atomic E-state index is 9.07. The van der Waals surface area contributed by atoms with Gasteiger partial charge in [-0.2, -0.15) is 4.98 Å². The molecule has 2 rings (SSSR count). The van der Waals surface area contributed by atoms with Gasteiger partial charge < -0.3 is 9.63 Å². The van der Waals surface area contributed by atoms with E-state index in [4.69, 9.17) is 9.63 Å². The summed E-state index contributed by atoms with van der Waals surface area (Å²) in [6, 6.07) is 0.464.